The van der Waals surface area contributed by atoms with Gasteiger partial charge in [-0.05, 0) is 56.0 Å². The van der Waals surface area contributed by atoms with E-state index in [1.165, 1.54) is 22.1 Å². The van der Waals surface area contributed by atoms with Crippen molar-refractivity contribution in [2.24, 2.45) is 0 Å². The number of carbonyl (C=O) groups excluding carboxylic acids is 1. The first-order valence-corrected chi connectivity index (χ1v) is 10.3. The summed E-state index contributed by atoms with van der Waals surface area (Å²) in [4.78, 5) is 27.4. The molecule has 1 N–H and O–H groups in total. The predicted octanol–water partition coefficient (Wildman–Crippen LogP) is 4.95. The Hall–Kier alpha value is -3.47. The molecule has 1 amide bonds. The Morgan fingerprint density at radius 3 is 2.63 bits per heavy atom. The molecule has 0 radical (unpaired) electrons. The molecule has 0 saturated carbocycles. The smallest absolute Gasteiger partial charge is 0.274 e. The van der Waals surface area contributed by atoms with Gasteiger partial charge in [-0.2, -0.15) is 0 Å². The molecule has 30 heavy (non-hydrogen) atoms. The van der Waals surface area contributed by atoms with Crippen LogP contribution in [0.1, 0.15) is 34.1 Å². The number of rotatable bonds is 6. The Kier molecular flexibility index (Phi) is 5.61. The first-order chi connectivity index (χ1) is 14.6. The number of benzene rings is 2. The summed E-state index contributed by atoms with van der Waals surface area (Å²) in [6.45, 7) is 7.38. The van der Waals surface area contributed by atoms with Gasteiger partial charge in [-0.3, -0.25) is 9.78 Å². The molecule has 0 unspecified atom stereocenters. The number of hydrogen-bond acceptors (Lipinski definition) is 3. The lowest BCUT2D eigenvalue weighted by Crippen LogP contribution is -2.33. The largest absolute Gasteiger partial charge is 0.361 e. The first kappa shape index (κ1) is 19.8. The number of aromatic nitrogens is 3. The number of nitrogens with one attached hydrogen (secondary N) is 1. The van der Waals surface area contributed by atoms with Crippen LogP contribution in [0.25, 0.3) is 22.2 Å². The number of likely N-dealkylation sites (N-methyl/N-ethyl adjacent to an activating group) is 1. The van der Waals surface area contributed by atoms with Crippen LogP contribution in [0.2, 0.25) is 0 Å². The quantitative estimate of drug-likeness (QED) is 0.500. The molecule has 2 heterocycles. The summed E-state index contributed by atoms with van der Waals surface area (Å²) >= 11 is 0. The van der Waals surface area contributed by atoms with Gasteiger partial charge in [0.1, 0.15) is 5.69 Å². The van der Waals surface area contributed by atoms with Crippen molar-refractivity contribution in [3.63, 3.8) is 0 Å². The summed E-state index contributed by atoms with van der Waals surface area (Å²) in [5.41, 5.74) is 6.67. The topological polar surface area (TPSA) is 61.9 Å². The van der Waals surface area contributed by atoms with Crippen LogP contribution in [0.5, 0.6) is 0 Å². The van der Waals surface area contributed by atoms with E-state index in [2.05, 4.69) is 53.1 Å². The molecule has 0 saturated heterocycles. The van der Waals surface area contributed by atoms with E-state index in [1.807, 2.05) is 36.2 Å². The lowest BCUT2D eigenvalue weighted by Gasteiger charge is -2.21. The number of para-hydroxylation sites is 1. The summed E-state index contributed by atoms with van der Waals surface area (Å²) in [7, 11) is 0. The number of carbonyl (C=O) groups is 1. The third kappa shape index (κ3) is 3.83. The minimum Gasteiger partial charge on any atom is -0.361 e. The van der Waals surface area contributed by atoms with Crippen molar-refractivity contribution >= 4 is 16.8 Å². The van der Waals surface area contributed by atoms with Gasteiger partial charge < -0.3 is 9.88 Å². The second-order valence-electron chi connectivity index (χ2n) is 7.55. The molecule has 0 aliphatic carbocycles. The molecular weight excluding hydrogens is 372 g/mol. The standard InChI is InChI=1S/C25H26N4O/c1-4-29(14-11-20-16-28-22-8-6-5-7-21(20)22)25(30)24-23(26-12-13-27-24)19-10-9-17(2)18(3)15-19/h5-10,12-13,15-16,28H,4,11,14H2,1-3H3. The number of H-pyrrole nitrogens is 1. The third-order valence-electron chi connectivity index (χ3n) is 5.68. The first-order valence-electron chi connectivity index (χ1n) is 10.3. The minimum absolute atomic E-state index is 0.0846. The Morgan fingerprint density at radius 2 is 1.83 bits per heavy atom. The minimum atomic E-state index is -0.0846. The van der Waals surface area contributed by atoms with E-state index >= 15 is 0 Å². The van der Waals surface area contributed by atoms with Gasteiger partial charge in [0.05, 0.1) is 0 Å². The average molecular weight is 399 g/mol. The van der Waals surface area contributed by atoms with E-state index < -0.39 is 0 Å². The van der Waals surface area contributed by atoms with E-state index in [4.69, 9.17) is 0 Å². The molecule has 5 heteroatoms. The van der Waals surface area contributed by atoms with Crippen molar-refractivity contribution in [3.8, 4) is 11.3 Å². The summed E-state index contributed by atoms with van der Waals surface area (Å²) in [6, 6.07) is 14.4. The monoisotopic (exact) mass is 398 g/mol. The molecule has 0 atom stereocenters. The summed E-state index contributed by atoms with van der Waals surface area (Å²) in [6.07, 6.45) is 6.05. The van der Waals surface area contributed by atoms with Gasteiger partial charge in [0, 0.05) is 48.1 Å². The molecule has 2 aromatic carbocycles. The molecule has 152 valence electrons. The van der Waals surface area contributed by atoms with Gasteiger partial charge in [0.15, 0.2) is 5.69 Å². The van der Waals surface area contributed by atoms with Gasteiger partial charge >= 0.3 is 0 Å². The molecular formula is C25H26N4O. The summed E-state index contributed by atoms with van der Waals surface area (Å²) < 4.78 is 0. The van der Waals surface area contributed by atoms with Crippen LogP contribution in [0, 0.1) is 13.8 Å². The highest BCUT2D eigenvalue weighted by atomic mass is 16.2. The molecule has 5 nitrogen and oxygen atoms in total. The summed E-state index contributed by atoms with van der Waals surface area (Å²) in [5, 5.41) is 1.20. The lowest BCUT2D eigenvalue weighted by atomic mass is 10.0. The fourth-order valence-electron chi connectivity index (χ4n) is 3.74. The summed E-state index contributed by atoms with van der Waals surface area (Å²) in [5.74, 6) is -0.0846. The second-order valence-corrected chi connectivity index (χ2v) is 7.55. The van der Waals surface area contributed by atoms with Crippen LogP contribution in [-0.4, -0.2) is 38.8 Å². The molecule has 0 aliphatic heterocycles. The van der Waals surface area contributed by atoms with Crippen LogP contribution in [0.15, 0.2) is 61.1 Å². The fraction of sp³-hybridized carbons (Fsp3) is 0.240. The zero-order valence-electron chi connectivity index (χ0n) is 17.6. The van der Waals surface area contributed by atoms with Gasteiger partial charge in [-0.15, -0.1) is 0 Å². The van der Waals surface area contributed by atoms with E-state index in [-0.39, 0.29) is 5.91 Å². The van der Waals surface area contributed by atoms with Crippen molar-refractivity contribution in [3.05, 3.63) is 83.4 Å². The Labute approximate surface area is 176 Å². The number of amides is 1. The van der Waals surface area contributed by atoms with Gasteiger partial charge in [0.25, 0.3) is 5.91 Å². The lowest BCUT2D eigenvalue weighted by molar-refractivity contribution is 0.0761. The van der Waals surface area contributed by atoms with Crippen LogP contribution < -0.4 is 0 Å². The molecule has 0 fully saturated rings. The molecule has 0 aliphatic rings. The molecule has 4 rings (SSSR count). The molecule has 0 bridgehead atoms. The van der Waals surface area contributed by atoms with Crippen molar-refractivity contribution < 1.29 is 4.79 Å². The molecule has 0 spiro atoms. The van der Waals surface area contributed by atoms with Crippen molar-refractivity contribution in [1.29, 1.82) is 0 Å². The number of hydrogen-bond donors (Lipinski definition) is 1. The van der Waals surface area contributed by atoms with Crippen molar-refractivity contribution in [2.45, 2.75) is 27.2 Å². The van der Waals surface area contributed by atoms with E-state index in [0.29, 0.717) is 24.5 Å². The fourth-order valence-corrected chi connectivity index (χ4v) is 3.74. The number of nitrogens with zero attached hydrogens (tertiary/aromatic N) is 3. The van der Waals surface area contributed by atoms with Gasteiger partial charge in [-0.25, -0.2) is 4.98 Å². The van der Waals surface area contributed by atoms with E-state index in [9.17, 15) is 4.79 Å². The highest BCUT2D eigenvalue weighted by Gasteiger charge is 2.21. The van der Waals surface area contributed by atoms with Gasteiger partial charge in [-0.1, -0.05) is 30.3 Å². The maximum absolute atomic E-state index is 13.4. The number of fused-ring (bicyclic) bond motifs is 1. The number of aromatic amines is 1. The average Bonchev–Trinajstić information content (AvgIpc) is 3.19. The second kappa shape index (κ2) is 8.49. The molecule has 4 aromatic rings. The third-order valence-corrected chi connectivity index (χ3v) is 5.68. The van der Waals surface area contributed by atoms with Crippen LogP contribution >= 0.6 is 0 Å². The maximum atomic E-state index is 13.4. The Morgan fingerprint density at radius 1 is 1.03 bits per heavy atom. The highest BCUT2D eigenvalue weighted by Crippen LogP contribution is 2.24. The highest BCUT2D eigenvalue weighted by molar-refractivity contribution is 5.98. The zero-order chi connectivity index (χ0) is 21.1. The SMILES string of the molecule is CCN(CCc1c[nH]c2ccccc12)C(=O)c1nccnc1-c1ccc(C)c(C)c1. The Balaban J connectivity index is 1.59. The zero-order valence-corrected chi connectivity index (χ0v) is 17.6. The van der Waals surface area contributed by atoms with Gasteiger partial charge in [0.2, 0.25) is 0 Å². The van der Waals surface area contributed by atoms with Crippen LogP contribution in [0.4, 0.5) is 0 Å². The van der Waals surface area contributed by atoms with E-state index in [1.54, 1.807) is 12.4 Å². The number of aryl methyl sites for hydroxylation is 2. The Bertz CT molecular complexity index is 1190. The van der Waals surface area contributed by atoms with Crippen molar-refractivity contribution in [1.82, 2.24) is 19.9 Å². The van der Waals surface area contributed by atoms with Crippen molar-refractivity contribution in [2.75, 3.05) is 13.1 Å². The maximum Gasteiger partial charge on any atom is 0.274 e. The molecule has 2 aromatic heterocycles. The van der Waals surface area contributed by atoms with Crippen LogP contribution in [0.3, 0.4) is 0 Å². The predicted molar refractivity (Wildman–Crippen MR) is 121 cm³/mol. The van der Waals surface area contributed by atoms with Crippen LogP contribution in [-0.2, 0) is 6.42 Å². The van der Waals surface area contributed by atoms with E-state index in [0.717, 1.165) is 17.5 Å². The normalized spacial score (nSPS) is 11.0.